The third-order valence-corrected chi connectivity index (χ3v) is 3.32. The van der Waals surface area contributed by atoms with Crippen LogP contribution in [0.15, 0.2) is 18.2 Å². The van der Waals surface area contributed by atoms with Crippen molar-refractivity contribution in [1.82, 2.24) is 5.32 Å². The first-order valence-electron chi connectivity index (χ1n) is 6.54. The summed E-state index contributed by atoms with van der Waals surface area (Å²) in [4.78, 5) is 0. The molecule has 1 aromatic rings. The Morgan fingerprint density at radius 1 is 1.29 bits per heavy atom. The van der Waals surface area contributed by atoms with E-state index in [2.05, 4.69) is 44.3 Å². The van der Waals surface area contributed by atoms with Crippen LogP contribution in [-0.4, -0.2) is 13.7 Å². The fraction of sp³-hybridized carbons (Fsp3) is 0.600. The molecule has 1 rings (SSSR count). The topological polar surface area (TPSA) is 21.3 Å². The van der Waals surface area contributed by atoms with E-state index in [4.69, 9.17) is 4.74 Å². The summed E-state index contributed by atoms with van der Waals surface area (Å²) in [7, 11) is 2.02. The Hall–Kier alpha value is -1.02. The van der Waals surface area contributed by atoms with Crippen LogP contribution in [0.25, 0.3) is 0 Å². The summed E-state index contributed by atoms with van der Waals surface area (Å²) in [5, 5.41) is 3.42. The highest BCUT2D eigenvalue weighted by atomic mass is 16.5. The van der Waals surface area contributed by atoms with Crippen LogP contribution < -0.4 is 10.1 Å². The van der Waals surface area contributed by atoms with E-state index in [0.29, 0.717) is 18.6 Å². The van der Waals surface area contributed by atoms with Crippen LogP contribution in [0.1, 0.15) is 44.4 Å². The quantitative estimate of drug-likeness (QED) is 0.811. The number of benzene rings is 1. The molecule has 0 amide bonds. The summed E-state index contributed by atoms with van der Waals surface area (Å²) in [5.41, 5.74) is 2.57. The molecule has 1 N–H and O–H groups in total. The van der Waals surface area contributed by atoms with Gasteiger partial charge < -0.3 is 10.1 Å². The van der Waals surface area contributed by atoms with Gasteiger partial charge in [-0.1, -0.05) is 38.0 Å². The Morgan fingerprint density at radius 3 is 2.53 bits per heavy atom. The molecule has 1 aromatic carbocycles. The van der Waals surface area contributed by atoms with Gasteiger partial charge in [-0.15, -0.1) is 0 Å². The first-order valence-corrected chi connectivity index (χ1v) is 6.54. The normalized spacial score (nSPS) is 14.4. The largest absolute Gasteiger partial charge is 0.494 e. The van der Waals surface area contributed by atoms with Gasteiger partial charge in [0.05, 0.1) is 6.61 Å². The zero-order valence-electron chi connectivity index (χ0n) is 11.7. The molecule has 0 saturated heterocycles. The average molecular weight is 235 g/mol. The Labute approximate surface area is 105 Å². The standard InChI is InChI=1S/C15H25NO/c1-6-12(4)15(16-5)13-10-11(3)8-9-14(13)17-7-2/h8-10,12,15-16H,6-7H2,1-5H3. The van der Waals surface area contributed by atoms with E-state index in [-0.39, 0.29) is 0 Å². The van der Waals surface area contributed by atoms with Crippen molar-refractivity contribution in [2.45, 2.75) is 40.2 Å². The van der Waals surface area contributed by atoms with Crippen LogP contribution in [0, 0.1) is 12.8 Å². The molecule has 0 fully saturated rings. The molecule has 96 valence electrons. The van der Waals surface area contributed by atoms with Gasteiger partial charge in [0.15, 0.2) is 0 Å². The first-order chi connectivity index (χ1) is 8.13. The molecule has 0 saturated carbocycles. The van der Waals surface area contributed by atoms with Gasteiger partial charge in [0.25, 0.3) is 0 Å². The minimum absolute atomic E-state index is 0.362. The van der Waals surface area contributed by atoms with Crippen LogP contribution in [0.2, 0.25) is 0 Å². The van der Waals surface area contributed by atoms with E-state index in [1.54, 1.807) is 0 Å². The highest BCUT2D eigenvalue weighted by Gasteiger charge is 2.19. The summed E-state index contributed by atoms with van der Waals surface area (Å²) in [6.45, 7) is 9.38. The van der Waals surface area contributed by atoms with Crippen molar-refractivity contribution in [3.8, 4) is 5.75 Å². The molecule has 0 aromatic heterocycles. The molecule has 2 heteroatoms. The molecule has 0 spiro atoms. The third kappa shape index (κ3) is 3.47. The molecule has 2 atom stereocenters. The Morgan fingerprint density at radius 2 is 2.00 bits per heavy atom. The lowest BCUT2D eigenvalue weighted by Gasteiger charge is -2.25. The molecule has 0 heterocycles. The smallest absolute Gasteiger partial charge is 0.124 e. The molecular weight excluding hydrogens is 210 g/mol. The lowest BCUT2D eigenvalue weighted by molar-refractivity contribution is 0.320. The number of aryl methyl sites for hydroxylation is 1. The minimum Gasteiger partial charge on any atom is -0.494 e. The Balaban J connectivity index is 3.10. The van der Waals surface area contributed by atoms with Crippen LogP contribution >= 0.6 is 0 Å². The zero-order valence-corrected chi connectivity index (χ0v) is 11.7. The van der Waals surface area contributed by atoms with Crippen LogP contribution in [0.3, 0.4) is 0 Å². The van der Waals surface area contributed by atoms with Gasteiger partial charge in [0.2, 0.25) is 0 Å². The van der Waals surface area contributed by atoms with E-state index >= 15 is 0 Å². The summed E-state index contributed by atoms with van der Waals surface area (Å²) >= 11 is 0. The molecular formula is C15H25NO. The molecule has 0 aliphatic rings. The van der Waals surface area contributed by atoms with E-state index in [9.17, 15) is 0 Å². The Bertz CT molecular complexity index is 349. The highest BCUT2D eigenvalue weighted by Crippen LogP contribution is 2.32. The maximum Gasteiger partial charge on any atom is 0.124 e. The molecule has 17 heavy (non-hydrogen) atoms. The van der Waals surface area contributed by atoms with Crippen molar-refractivity contribution in [2.24, 2.45) is 5.92 Å². The number of nitrogens with one attached hydrogen (secondary N) is 1. The molecule has 0 aliphatic carbocycles. The van der Waals surface area contributed by atoms with Crippen LogP contribution in [0.5, 0.6) is 5.75 Å². The SMILES string of the molecule is CCOc1ccc(C)cc1C(NC)C(C)CC. The lowest BCUT2D eigenvalue weighted by Crippen LogP contribution is -2.24. The minimum atomic E-state index is 0.362. The maximum atomic E-state index is 5.73. The van der Waals surface area contributed by atoms with Gasteiger partial charge in [-0.25, -0.2) is 0 Å². The number of hydrogen-bond acceptors (Lipinski definition) is 2. The predicted molar refractivity (Wildman–Crippen MR) is 73.6 cm³/mol. The first kappa shape index (κ1) is 14.0. The monoisotopic (exact) mass is 235 g/mol. The van der Waals surface area contributed by atoms with E-state index in [1.165, 1.54) is 11.1 Å². The second kappa shape index (κ2) is 6.65. The number of ether oxygens (including phenoxy) is 1. The van der Waals surface area contributed by atoms with Gasteiger partial charge >= 0.3 is 0 Å². The van der Waals surface area contributed by atoms with Crippen molar-refractivity contribution in [3.63, 3.8) is 0 Å². The van der Waals surface area contributed by atoms with E-state index < -0.39 is 0 Å². The molecule has 0 bridgehead atoms. The fourth-order valence-electron chi connectivity index (χ4n) is 2.18. The molecule has 2 unspecified atom stereocenters. The van der Waals surface area contributed by atoms with Gasteiger partial charge in [-0.2, -0.15) is 0 Å². The van der Waals surface area contributed by atoms with E-state index in [0.717, 1.165) is 12.2 Å². The number of rotatable bonds is 6. The predicted octanol–water partition coefficient (Wildman–Crippen LogP) is 3.70. The highest BCUT2D eigenvalue weighted by molar-refractivity contribution is 5.39. The van der Waals surface area contributed by atoms with Crippen molar-refractivity contribution < 1.29 is 4.74 Å². The van der Waals surface area contributed by atoms with Crippen molar-refractivity contribution in [2.75, 3.05) is 13.7 Å². The van der Waals surface area contributed by atoms with Crippen molar-refractivity contribution in [3.05, 3.63) is 29.3 Å². The summed E-state index contributed by atoms with van der Waals surface area (Å²) in [6.07, 6.45) is 1.16. The zero-order chi connectivity index (χ0) is 12.8. The van der Waals surface area contributed by atoms with Crippen molar-refractivity contribution in [1.29, 1.82) is 0 Å². The van der Waals surface area contributed by atoms with Gasteiger partial charge in [-0.3, -0.25) is 0 Å². The molecule has 0 aliphatic heterocycles. The van der Waals surface area contributed by atoms with E-state index in [1.807, 2.05) is 14.0 Å². The van der Waals surface area contributed by atoms with Gasteiger partial charge in [0, 0.05) is 11.6 Å². The summed E-state index contributed by atoms with van der Waals surface area (Å²) in [5.74, 6) is 1.61. The summed E-state index contributed by atoms with van der Waals surface area (Å²) in [6, 6.07) is 6.79. The summed E-state index contributed by atoms with van der Waals surface area (Å²) < 4.78 is 5.73. The van der Waals surface area contributed by atoms with Gasteiger partial charge in [0.1, 0.15) is 5.75 Å². The van der Waals surface area contributed by atoms with Crippen LogP contribution in [-0.2, 0) is 0 Å². The Kier molecular flexibility index (Phi) is 5.49. The van der Waals surface area contributed by atoms with Gasteiger partial charge in [-0.05, 0) is 32.9 Å². The third-order valence-electron chi connectivity index (χ3n) is 3.32. The number of hydrogen-bond donors (Lipinski definition) is 1. The fourth-order valence-corrected chi connectivity index (χ4v) is 2.18. The average Bonchev–Trinajstić information content (AvgIpc) is 2.33. The second-order valence-electron chi connectivity index (χ2n) is 4.63. The molecule has 2 nitrogen and oxygen atoms in total. The maximum absolute atomic E-state index is 5.73. The van der Waals surface area contributed by atoms with Crippen molar-refractivity contribution >= 4 is 0 Å². The van der Waals surface area contributed by atoms with Crippen LogP contribution in [0.4, 0.5) is 0 Å². The lowest BCUT2D eigenvalue weighted by atomic mass is 9.91. The second-order valence-corrected chi connectivity index (χ2v) is 4.63. The molecule has 0 radical (unpaired) electrons.